The number of alkyl halides is 3. The number of urea groups is 1. The van der Waals surface area contributed by atoms with E-state index in [4.69, 9.17) is 4.42 Å². The summed E-state index contributed by atoms with van der Waals surface area (Å²) >= 11 is 0. The van der Waals surface area contributed by atoms with Crippen molar-refractivity contribution in [3.63, 3.8) is 0 Å². The fourth-order valence-corrected chi connectivity index (χ4v) is 3.36. The van der Waals surface area contributed by atoms with Gasteiger partial charge in [0, 0.05) is 17.3 Å². The SMILES string of the molecule is O=C(NCc1ccco1)Nc1ccc(NC(=O)C2CCCC(C(F)(F)F)C2)cc1. The Morgan fingerprint density at radius 1 is 1.03 bits per heavy atom. The maximum atomic E-state index is 12.9. The van der Waals surface area contributed by atoms with Crippen molar-refractivity contribution in [3.8, 4) is 0 Å². The minimum Gasteiger partial charge on any atom is -0.467 e. The van der Waals surface area contributed by atoms with E-state index in [1.807, 2.05) is 0 Å². The van der Waals surface area contributed by atoms with Gasteiger partial charge < -0.3 is 20.4 Å². The summed E-state index contributed by atoms with van der Waals surface area (Å²) in [5, 5.41) is 7.94. The van der Waals surface area contributed by atoms with Crippen LogP contribution in [-0.4, -0.2) is 18.1 Å². The van der Waals surface area contributed by atoms with Crippen LogP contribution in [0.15, 0.2) is 47.1 Å². The highest BCUT2D eigenvalue weighted by molar-refractivity contribution is 5.93. The number of carbonyl (C=O) groups excluding carboxylic acids is 2. The van der Waals surface area contributed by atoms with Crippen LogP contribution in [0.2, 0.25) is 0 Å². The number of anilines is 2. The molecule has 2 unspecified atom stereocenters. The molecule has 0 bridgehead atoms. The zero-order valence-electron chi connectivity index (χ0n) is 15.6. The number of benzene rings is 1. The lowest BCUT2D eigenvalue weighted by atomic mass is 9.80. The Balaban J connectivity index is 1.48. The molecule has 1 fully saturated rings. The van der Waals surface area contributed by atoms with Crippen molar-refractivity contribution in [2.45, 2.75) is 38.4 Å². The van der Waals surface area contributed by atoms with E-state index in [0.29, 0.717) is 30.0 Å². The molecule has 3 rings (SSSR count). The summed E-state index contributed by atoms with van der Waals surface area (Å²) in [7, 11) is 0. The van der Waals surface area contributed by atoms with Gasteiger partial charge in [-0.15, -0.1) is 0 Å². The van der Waals surface area contributed by atoms with Gasteiger partial charge >= 0.3 is 12.2 Å². The van der Waals surface area contributed by atoms with Crippen LogP contribution in [0, 0.1) is 11.8 Å². The Labute approximate surface area is 165 Å². The minimum absolute atomic E-state index is 0.0790. The van der Waals surface area contributed by atoms with Gasteiger partial charge in [-0.25, -0.2) is 4.79 Å². The van der Waals surface area contributed by atoms with E-state index in [1.165, 1.54) is 6.26 Å². The van der Waals surface area contributed by atoms with E-state index in [9.17, 15) is 22.8 Å². The first-order valence-corrected chi connectivity index (χ1v) is 9.36. The summed E-state index contributed by atoms with van der Waals surface area (Å²) in [5.74, 6) is -1.86. The normalized spacial score (nSPS) is 19.4. The second kappa shape index (κ2) is 9.02. The zero-order chi connectivity index (χ0) is 20.9. The van der Waals surface area contributed by atoms with Crippen molar-refractivity contribution in [2.75, 3.05) is 10.6 Å². The van der Waals surface area contributed by atoms with E-state index in [-0.39, 0.29) is 19.4 Å². The average Bonchev–Trinajstić information content (AvgIpc) is 3.21. The number of hydrogen-bond acceptors (Lipinski definition) is 3. The van der Waals surface area contributed by atoms with Crippen molar-refractivity contribution >= 4 is 23.3 Å². The van der Waals surface area contributed by atoms with Gasteiger partial charge in [0.2, 0.25) is 5.91 Å². The second-order valence-electron chi connectivity index (χ2n) is 7.06. The molecule has 1 aromatic heterocycles. The van der Waals surface area contributed by atoms with Crippen LogP contribution in [0.5, 0.6) is 0 Å². The highest BCUT2D eigenvalue weighted by Crippen LogP contribution is 2.40. The lowest BCUT2D eigenvalue weighted by Gasteiger charge is -2.29. The number of hydrogen-bond donors (Lipinski definition) is 3. The van der Waals surface area contributed by atoms with Gasteiger partial charge in [0.25, 0.3) is 0 Å². The van der Waals surface area contributed by atoms with Crippen molar-refractivity contribution in [1.82, 2.24) is 5.32 Å². The van der Waals surface area contributed by atoms with Crippen LogP contribution in [0.25, 0.3) is 0 Å². The first-order valence-electron chi connectivity index (χ1n) is 9.36. The maximum Gasteiger partial charge on any atom is 0.391 e. The van der Waals surface area contributed by atoms with E-state index in [1.54, 1.807) is 36.4 Å². The predicted octanol–water partition coefficient (Wildman–Crippen LogP) is 4.91. The van der Waals surface area contributed by atoms with Crippen LogP contribution in [0.1, 0.15) is 31.4 Å². The van der Waals surface area contributed by atoms with E-state index in [0.717, 1.165) is 0 Å². The number of nitrogens with one attached hydrogen (secondary N) is 3. The van der Waals surface area contributed by atoms with Crippen LogP contribution >= 0.6 is 0 Å². The van der Waals surface area contributed by atoms with Crippen molar-refractivity contribution < 1.29 is 27.2 Å². The Bertz CT molecular complexity index is 820. The quantitative estimate of drug-likeness (QED) is 0.656. The fraction of sp³-hybridized carbons (Fsp3) is 0.400. The van der Waals surface area contributed by atoms with E-state index >= 15 is 0 Å². The summed E-state index contributed by atoms with van der Waals surface area (Å²) in [4.78, 5) is 24.2. The van der Waals surface area contributed by atoms with Crippen molar-refractivity contribution in [1.29, 1.82) is 0 Å². The Hall–Kier alpha value is -2.97. The standard InChI is InChI=1S/C20H22F3N3O3/c21-20(22,23)14-4-1-3-13(11-14)18(27)25-15-6-8-16(9-7-15)26-19(28)24-12-17-5-2-10-29-17/h2,5-10,13-14H,1,3-4,11-12H2,(H,25,27)(H2,24,26,28). The van der Waals surface area contributed by atoms with Gasteiger partial charge in [-0.1, -0.05) is 6.42 Å². The predicted molar refractivity (Wildman–Crippen MR) is 101 cm³/mol. The molecule has 1 aliphatic rings. The Morgan fingerprint density at radius 3 is 2.34 bits per heavy atom. The molecule has 9 heteroatoms. The Kier molecular flexibility index (Phi) is 6.46. The van der Waals surface area contributed by atoms with Gasteiger partial charge in [-0.3, -0.25) is 4.79 Å². The lowest BCUT2D eigenvalue weighted by Crippen LogP contribution is -2.34. The zero-order valence-corrected chi connectivity index (χ0v) is 15.6. The molecule has 1 saturated carbocycles. The second-order valence-corrected chi connectivity index (χ2v) is 7.06. The molecule has 2 aromatic rings. The third-order valence-electron chi connectivity index (χ3n) is 4.92. The van der Waals surface area contributed by atoms with Crippen LogP contribution in [0.3, 0.4) is 0 Å². The highest BCUT2D eigenvalue weighted by atomic mass is 19.4. The molecule has 29 heavy (non-hydrogen) atoms. The monoisotopic (exact) mass is 409 g/mol. The van der Waals surface area contributed by atoms with Gasteiger partial charge in [0.15, 0.2) is 0 Å². The molecule has 0 spiro atoms. The lowest BCUT2D eigenvalue weighted by molar-refractivity contribution is -0.185. The molecule has 156 valence electrons. The first kappa shape index (κ1) is 20.8. The van der Waals surface area contributed by atoms with E-state index < -0.39 is 30.0 Å². The molecule has 1 heterocycles. The highest BCUT2D eigenvalue weighted by Gasteiger charge is 2.43. The summed E-state index contributed by atoms with van der Waals surface area (Å²) < 4.78 is 43.9. The maximum absolute atomic E-state index is 12.9. The van der Waals surface area contributed by atoms with Crippen LogP contribution in [-0.2, 0) is 11.3 Å². The molecule has 0 radical (unpaired) electrons. The summed E-state index contributed by atoms with van der Waals surface area (Å²) in [5.41, 5.74) is 0.973. The molecule has 6 nitrogen and oxygen atoms in total. The number of furan rings is 1. The number of rotatable bonds is 5. The summed E-state index contributed by atoms with van der Waals surface area (Å²) in [6.07, 6.45) is -2.01. The summed E-state index contributed by atoms with van der Waals surface area (Å²) in [6.45, 7) is 0.243. The molecule has 3 amide bonds. The number of halogens is 3. The number of amides is 3. The van der Waals surface area contributed by atoms with Gasteiger partial charge in [0.05, 0.1) is 18.7 Å². The molecule has 1 aromatic carbocycles. The van der Waals surface area contributed by atoms with Gasteiger partial charge in [-0.2, -0.15) is 13.2 Å². The molecule has 2 atom stereocenters. The molecular formula is C20H22F3N3O3. The average molecular weight is 409 g/mol. The molecule has 0 saturated heterocycles. The fourth-order valence-electron chi connectivity index (χ4n) is 3.36. The third-order valence-corrected chi connectivity index (χ3v) is 4.92. The van der Waals surface area contributed by atoms with Crippen LogP contribution in [0.4, 0.5) is 29.3 Å². The van der Waals surface area contributed by atoms with Gasteiger partial charge in [0.1, 0.15) is 5.76 Å². The molecule has 3 N–H and O–H groups in total. The molecule has 1 aliphatic carbocycles. The number of carbonyl (C=O) groups is 2. The van der Waals surface area contributed by atoms with Crippen molar-refractivity contribution in [2.24, 2.45) is 11.8 Å². The van der Waals surface area contributed by atoms with Gasteiger partial charge in [-0.05, 0) is 55.7 Å². The van der Waals surface area contributed by atoms with E-state index in [2.05, 4.69) is 16.0 Å². The molecular weight excluding hydrogens is 387 g/mol. The van der Waals surface area contributed by atoms with Crippen molar-refractivity contribution in [3.05, 3.63) is 48.4 Å². The largest absolute Gasteiger partial charge is 0.467 e. The molecule has 0 aliphatic heterocycles. The topological polar surface area (TPSA) is 83.4 Å². The summed E-state index contributed by atoms with van der Waals surface area (Å²) in [6, 6.07) is 9.41. The minimum atomic E-state index is -4.26. The third kappa shape index (κ3) is 6.00. The smallest absolute Gasteiger partial charge is 0.391 e. The van der Waals surface area contributed by atoms with Crippen LogP contribution < -0.4 is 16.0 Å². The first-order chi connectivity index (χ1) is 13.8. The Morgan fingerprint density at radius 2 is 1.72 bits per heavy atom.